The van der Waals surface area contributed by atoms with Crippen molar-refractivity contribution in [3.05, 3.63) is 362 Å². The molecule has 10 aromatic carbocycles. The van der Waals surface area contributed by atoms with Gasteiger partial charge in [0.05, 0.1) is 18.3 Å². The molecular weight excluding hydrogens is 1210 g/mol. The average Bonchev–Trinajstić information content (AvgIpc) is 2.62. The van der Waals surface area contributed by atoms with Crippen LogP contribution in [0.15, 0.2) is 350 Å². The molecule has 0 aliphatic carbocycles. The van der Waals surface area contributed by atoms with Crippen LogP contribution in [0.2, 0.25) is 0 Å². The number of hydrogen-bond donors (Lipinski definition) is 6. The normalized spacial score (nSPS) is 10.3. The Balaban J connectivity index is 0.000000115. The van der Waals surface area contributed by atoms with E-state index in [4.69, 9.17) is 4.74 Å². The molecule has 0 fully saturated rings. The quantitative estimate of drug-likeness (QED) is 0.0981. The van der Waals surface area contributed by atoms with Crippen molar-refractivity contribution in [3.63, 3.8) is 0 Å². The highest BCUT2D eigenvalue weighted by Crippen LogP contribution is 2.21. The molecule has 0 radical (unpaired) electrons. The number of para-hydroxylation sites is 5. The highest BCUT2D eigenvalue weighted by atomic mass is 79.9. The van der Waals surface area contributed by atoms with Crippen molar-refractivity contribution in [3.8, 4) is 5.75 Å². The van der Waals surface area contributed by atoms with E-state index < -0.39 is 0 Å². The molecule has 10 nitrogen and oxygen atoms in total. The van der Waals surface area contributed by atoms with Crippen LogP contribution in [0, 0.1) is 13.8 Å². The van der Waals surface area contributed by atoms with Crippen molar-refractivity contribution in [1.82, 2.24) is 39.9 Å². The minimum atomic E-state index is 0.900. The fourth-order valence-corrected chi connectivity index (χ4v) is 10.2. The number of H-pyrrole nitrogens is 6. The van der Waals surface area contributed by atoms with Crippen molar-refractivity contribution in [2.45, 2.75) is 13.8 Å². The topological polar surface area (TPSA) is 142 Å². The zero-order chi connectivity index (χ0) is 64.1. The van der Waals surface area contributed by atoms with Gasteiger partial charge < -0.3 is 34.6 Å². The third-order valence-electron chi connectivity index (χ3n) is 14.5. The summed E-state index contributed by atoms with van der Waals surface area (Å²) in [6, 6.07) is 102. The van der Waals surface area contributed by atoms with Crippen LogP contribution in [-0.4, -0.2) is 53.2 Å². The molecular formula is C82H72BrN9O. The summed E-state index contributed by atoms with van der Waals surface area (Å²) in [7, 11) is 1.67. The van der Waals surface area contributed by atoms with Gasteiger partial charge in [-0.15, -0.1) is 0 Å². The summed E-state index contributed by atoms with van der Waals surface area (Å²) in [6.45, 7) is 4.14. The first-order valence-corrected chi connectivity index (χ1v) is 31.3. The number of benzene rings is 10. The Labute approximate surface area is 549 Å². The number of hydrogen-bond acceptors (Lipinski definition) is 4. The number of nitrogens with one attached hydrogen (secondary N) is 6. The second-order valence-corrected chi connectivity index (χ2v) is 22.2. The second kappa shape index (κ2) is 34.3. The number of aliphatic imine (C=N–C) groups is 1. The summed E-state index contributed by atoms with van der Waals surface area (Å²) in [6.07, 6.45) is 13.2. The molecule has 18 aromatic rings. The number of methoxy groups -OCH3 is 1. The molecule has 0 unspecified atom stereocenters. The van der Waals surface area contributed by atoms with Crippen molar-refractivity contribution in [1.29, 1.82) is 0 Å². The Morgan fingerprint density at radius 1 is 0.344 bits per heavy atom. The third-order valence-corrected chi connectivity index (χ3v) is 15.0. The Morgan fingerprint density at radius 2 is 0.763 bits per heavy atom. The molecule has 0 saturated carbocycles. The number of aryl methyl sites for hydroxylation is 2. The summed E-state index contributed by atoms with van der Waals surface area (Å²) in [5, 5.41) is 11.3. The van der Waals surface area contributed by atoms with Gasteiger partial charge in [0.15, 0.2) is 0 Å². The molecule has 0 atom stereocenters. The molecule has 0 aliphatic rings. The van der Waals surface area contributed by atoms with Crippen LogP contribution < -0.4 is 4.74 Å². The lowest BCUT2D eigenvalue weighted by Gasteiger charge is -1.97. The molecule has 6 N–H and O–H groups in total. The van der Waals surface area contributed by atoms with E-state index >= 15 is 0 Å². The van der Waals surface area contributed by atoms with E-state index in [1.807, 2.05) is 195 Å². The van der Waals surface area contributed by atoms with Crippen molar-refractivity contribution >= 4 is 115 Å². The summed E-state index contributed by atoms with van der Waals surface area (Å²) >= 11 is 3.40. The predicted octanol–water partition coefficient (Wildman–Crippen LogP) is 22.3. The van der Waals surface area contributed by atoms with E-state index in [1.165, 1.54) is 76.5 Å². The van der Waals surface area contributed by atoms with E-state index in [-0.39, 0.29) is 0 Å². The Morgan fingerprint density at radius 3 is 1.32 bits per heavy atom. The van der Waals surface area contributed by atoms with Gasteiger partial charge in [-0.25, -0.2) is 4.98 Å². The van der Waals surface area contributed by atoms with Crippen molar-refractivity contribution < 1.29 is 4.74 Å². The highest BCUT2D eigenvalue weighted by molar-refractivity contribution is 9.10. The average molecular weight is 1280 g/mol. The van der Waals surface area contributed by atoms with Gasteiger partial charge in [-0.3, -0.25) is 9.98 Å². The van der Waals surface area contributed by atoms with Crippen LogP contribution in [0.1, 0.15) is 17.0 Å². The van der Waals surface area contributed by atoms with E-state index in [9.17, 15) is 0 Å². The number of aromatic amines is 6. The van der Waals surface area contributed by atoms with Crippen LogP contribution >= 0.6 is 15.9 Å². The van der Waals surface area contributed by atoms with Gasteiger partial charge >= 0.3 is 0 Å². The lowest BCUT2D eigenvalue weighted by molar-refractivity contribution is 0.415. The van der Waals surface area contributed by atoms with Gasteiger partial charge in [0, 0.05) is 108 Å². The zero-order valence-electron chi connectivity index (χ0n) is 52.0. The maximum atomic E-state index is 5.08. The molecule has 0 saturated heterocycles. The summed E-state index contributed by atoms with van der Waals surface area (Å²) < 4.78 is 6.20. The van der Waals surface area contributed by atoms with E-state index in [1.54, 1.807) is 13.3 Å². The molecule has 8 heterocycles. The van der Waals surface area contributed by atoms with E-state index in [2.05, 4.69) is 220 Å². The predicted molar refractivity (Wildman–Crippen MR) is 397 cm³/mol. The van der Waals surface area contributed by atoms with Gasteiger partial charge in [0.25, 0.3) is 0 Å². The maximum Gasteiger partial charge on any atom is 0.137 e. The van der Waals surface area contributed by atoms with Crippen LogP contribution in [0.5, 0.6) is 5.75 Å². The Kier molecular flexibility index (Phi) is 23.6. The fraction of sp³-hybridized carbons (Fsp3) is 0.0366. The van der Waals surface area contributed by atoms with Crippen molar-refractivity contribution in [2.75, 3.05) is 7.11 Å². The third kappa shape index (κ3) is 19.9. The zero-order valence-corrected chi connectivity index (χ0v) is 53.6. The number of fused-ring (bicyclic) bond motifs is 8. The number of ether oxygens (including phenoxy) is 1. The first-order valence-electron chi connectivity index (χ1n) is 30.5. The standard InChI is InChI=1S/C13H11N.C10H8.C9H9NO.2C9H9N.C9H7N.C8H6BrN.C8H7N.C7H6N2/c1-3-7-12(8-4-1)11-14-13-9-5-2-6-10-13;1-2-6-10-8-4-3-7-9(10)5-1;1-11-8-2-3-9-7(6-8)4-5-10-9;2*1-7-6-8-4-2-3-5-9(8)10-7;1-2-6-9-8(4-1)5-3-7-10-9;9-7-1-2-8-6(5-7)3-4-10-8;1-2-4-8-7(3-1)5-6-9-8;1-2-6-3-5-9-7(6)8-4-1/h1-11H;1-8H;2-6,10H,1H3;2*2-6,10H,1H3;1-7H;1-5,10H;1-6,9H;1-5H,(H,8,9). The summed E-state index contributed by atoms with van der Waals surface area (Å²) in [4.78, 5) is 31.5. The molecule has 8 aromatic heterocycles. The van der Waals surface area contributed by atoms with E-state index in [0.717, 1.165) is 43.5 Å². The number of halogens is 1. The molecule has 458 valence electrons. The van der Waals surface area contributed by atoms with Crippen LogP contribution in [-0.2, 0) is 0 Å². The van der Waals surface area contributed by atoms with Gasteiger partial charge in [-0.2, -0.15) is 0 Å². The highest BCUT2D eigenvalue weighted by Gasteiger charge is 1.98. The lowest BCUT2D eigenvalue weighted by atomic mass is 10.1. The molecule has 0 amide bonds. The minimum Gasteiger partial charge on any atom is -0.497 e. The molecule has 93 heavy (non-hydrogen) atoms. The van der Waals surface area contributed by atoms with Crippen molar-refractivity contribution in [2.24, 2.45) is 4.99 Å². The van der Waals surface area contributed by atoms with E-state index in [0.29, 0.717) is 0 Å². The molecule has 0 spiro atoms. The fourth-order valence-electron chi connectivity index (χ4n) is 9.85. The maximum absolute atomic E-state index is 5.08. The first kappa shape index (κ1) is 64.2. The molecule has 18 rings (SSSR count). The van der Waals surface area contributed by atoms with Gasteiger partial charge in [0.2, 0.25) is 0 Å². The summed E-state index contributed by atoms with van der Waals surface area (Å²) in [5.41, 5.74) is 12.5. The monoisotopic (exact) mass is 1280 g/mol. The van der Waals surface area contributed by atoms with Gasteiger partial charge in [-0.1, -0.05) is 192 Å². The number of aromatic nitrogens is 8. The number of nitrogens with zero attached hydrogens (tertiary/aromatic N) is 3. The minimum absolute atomic E-state index is 0.900. The van der Waals surface area contributed by atoms with Gasteiger partial charge in [-0.05, 0) is 174 Å². The molecule has 11 heteroatoms. The molecule has 0 bridgehead atoms. The molecule has 0 aliphatic heterocycles. The Bertz CT molecular complexity index is 4670. The second-order valence-electron chi connectivity index (χ2n) is 21.3. The Hall–Kier alpha value is -11.8. The van der Waals surface area contributed by atoms with Crippen LogP contribution in [0.25, 0.3) is 87.2 Å². The number of rotatable bonds is 3. The van der Waals surface area contributed by atoms with Gasteiger partial charge in [0.1, 0.15) is 11.4 Å². The van der Waals surface area contributed by atoms with Crippen LogP contribution in [0.3, 0.4) is 0 Å². The number of pyridine rings is 2. The SMILES string of the molecule is Brc1ccc2[nH]ccc2c1.C(=Nc1ccccc1)c1ccccc1.COc1ccc2[nH]ccc2c1.Cc1cc2ccccc2[nH]1.Cc1cc2ccccc2[nH]1.c1ccc2[nH]ccc2c1.c1ccc2ccccc2c1.c1ccc2ncccc2c1.c1cnc2[nH]ccc2c1. The van der Waals surface area contributed by atoms with Crippen LogP contribution in [0.4, 0.5) is 5.69 Å². The largest absolute Gasteiger partial charge is 0.497 e. The smallest absolute Gasteiger partial charge is 0.137 e. The summed E-state index contributed by atoms with van der Waals surface area (Å²) in [5.74, 6) is 0.900. The first-order chi connectivity index (χ1) is 45.8. The lowest BCUT2D eigenvalue weighted by Crippen LogP contribution is -1.80.